The van der Waals surface area contributed by atoms with Crippen LogP contribution < -0.4 is 5.73 Å². The maximum absolute atomic E-state index is 14.5. The van der Waals surface area contributed by atoms with Gasteiger partial charge in [0.05, 0.1) is 50.3 Å². The third kappa shape index (κ3) is 5.31. The molecule has 3 aromatic carbocycles. The van der Waals surface area contributed by atoms with E-state index in [1.54, 1.807) is 6.07 Å². The number of aliphatic hydroxyl groups excluding tert-OH is 1. The van der Waals surface area contributed by atoms with Gasteiger partial charge in [-0.05, 0) is 36.1 Å². The molecule has 5 nitrogen and oxygen atoms in total. The van der Waals surface area contributed by atoms with E-state index >= 15 is 0 Å². The zero-order valence-corrected chi connectivity index (χ0v) is 20.4. The lowest BCUT2D eigenvalue weighted by Crippen LogP contribution is -2.41. The van der Waals surface area contributed by atoms with Crippen molar-refractivity contribution in [1.82, 2.24) is 4.57 Å². The fourth-order valence-corrected chi connectivity index (χ4v) is 5.10. The summed E-state index contributed by atoms with van der Waals surface area (Å²) < 4.78 is 28.5. The van der Waals surface area contributed by atoms with E-state index in [1.165, 1.54) is 6.07 Å². The Morgan fingerprint density at radius 3 is 2.17 bits per heavy atom. The van der Waals surface area contributed by atoms with Gasteiger partial charge in [-0.3, -0.25) is 0 Å². The quantitative estimate of drug-likeness (QED) is 0.271. The number of anilines is 1. The SMILES string of the molecule is Nc1cc2cc(C3(COCc4ccccc4)CCC3)n(CC(O)COCc3ccccc3)c2cc1F. The lowest BCUT2D eigenvalue weighted by molar-refractivity contribution is 0.0145. The van der Waals surface area contributed by atoms with Gasteiger partial charge in [0.15, 0.2) is 0 Å². The Morgan fingerprint density at radius 1 is 0.917 bits per heavy atom. The topological polar surface area (TPSA) is 69.6 Å². The van der Waals surface area contributed by atoms with Crippen molar-refractivity contribution in [1.29, 1.82) is 0 Å². The number of benzene rings is 3. The van der Waals surface area contributed by atoms with Crippen molar-refractivity contribution in [2.75, 3.05) is 18.9 Å². The van der Waals surface area contributed by atoms with Crippen molar-refractivity contribution in [2.45, 2.75) is 50.5 Å². The Labute approximate surface area is 211 Å². The fraction of sp³-hybridized carbons (Fsp3) is 0.333. The monoisotopic (exact) mass is 488 g/mol. The average molecular weight is 489 g/mol. The van der Waals surface area contributed by atoms with Crippen LogP contribution in [0.5, 0.6) is 0 Å². The standard InChI is InChI=1S/C30H33FN2O3/c31-26-16-28-24(14-27(26)32)15-29(30(12-7-13-30)21-36-19-23-10-5-2-6-11-23)33(28)17-25(34)20-35-18-22-8-3-1-4-9-22/h1-6,8-11,14-16,25,34H,7,12-13,17-21,32H2. The summed E-state index contributed by atoms with van der Waals surface area (Å²) in [5, 5.41) is 11.8. The molecular formula is C30H33FN2O3. The molecule has 1 saturated carbocycles. The van der Waals surface area contributed by atoms with Crippen molar-refractivity contribution >= 4 is 16.6 Å². The van der Waals surface area contributed by atoms with Crippen LogP contribution in [0.4, 0.5) is 10.1 Å². The number of halogens is 1. The van der Waals surface area contributed by atoms with Crippen molar-refractivity contribution in [2.24, 2.45) is 0 Å². The number of rotatable bonds is 11. The number of nitrogens with zero attached hydrogens (tertiary/aromatic N) is 1. The van der Waals surface area contributed by atoms with E-state index in [4.69, 9.17) is 15.2 Å². The Balaban J connectivity index is 1.36. The van der Waals surface area contributed by atoms with Crippen LogP contribution in [0.25, 0.3) is 10.9 Å². The highest BCUT2D eigenvalue weighted by atomic mass is 19.1. The Morgan fingerprint density at radius 2 is 1.56 bits per heavy atom. The second kappa shape index (κ2) is 10.8. The smallest absolute Gasteiger partial charge is 0.148 e. The van der Waals surface area contributed by atoms with E-state index in [-0.39, 0.29) is 17.7 Å². The van der Waals surface area contributed by atoms with Crippen LogP contribution in [-0.2, 0) is 34.6 Å². The van der Waals surface area contributed by atoms with Crippen LogP contribution in [0.15, 0.2) is 78.9 Å². The summed E-state index contributed by atoms with van der Waals surface area (Å²) in [6.07, 6.45) is 2.33. The number of nitrogens with two attached hydrogens (primary N) is 1. The lowest BCUT2D eigenvalue weighted by atomic mass is 9.67. The number of hydrogen-bond donors (Lipinski definition) is 2. The molecule has 1 aromatic heterocycles. The minimum absolute atomic E-state index is 0.126. The molecule has 5 rings (SSSR count). The van der Waals surface area contributed by atoms with Gasteiger partial charge >= 0.3 is 0 Å². The van der Waals surface area contributed by atoms with Gasteiger partial charge in [0.2, 0.25) is 0 Å². The molecule has 1 aliphatic rings. The first-order valence-electron chi connectivity index (χ1n) is 12.5. The van der Waals surface area contributed by atoms with Gasteiger partial charge in [-0.1, -0.05) is 67.1 Å². The highest BCUT2D eigenvalue weighted by Gasteiger charge is 2.42. The first-order chi connectivity index (χ1) is 17.5. The molecule has 1 heterocycles. The molecule has 0 bridgehead atoms. The molecule has 3 N–H and O–H groups in total. The minimum atomic E-state index is -0.744. The largest absolute Gasteiger partial charge is 0.396 e. The summed E-state index contributed by atoms with van der Waals surface area (Å²) in [7, 11) is 0. The first-order valence-corrected chi connectivity index (χ1v) is 12.5. The summed E-state index contributed by atoms with van der Waals surface area (Å²) >= 11 is 0. The molecule has 0 radical (unpaired) electrons. The zero-order valence-electron chi connectivity index (χ0n) is 20.4. The van der Waals surface area contributed by atoms with Gasteiger partial charge in [-0.2, -0.15) is 0 Å². The van der Waals surface area contributed by atoms with Gasteiger partial charge < -0.3 is 24.9 Å². The third-order valence-corrected chi connectivity index (χ3v) is 7.18. The van der Waals surface area contributed by atoms with Gasteiger partial charge in [-0.25, -0.2) is 4.39 Å². The van der Waals surface area contributed by atoms with E-state index < -0.39 is 11.9 Å². The summed E-state index contributed by atoms with van der Waals surface area (Å²) in [5.74, 6) is -0.453. The van der Waals surface area contributed by atoms with Gasteiger partial charge in [0.25, 0.3) is 0 Å². The van der Waals surface area contributed by atoms with E-state index in [0.29, 0.717) is 26.4 Å². The van der Waals surface area contributed by atoms with Crippen molar-refractivity contribution in [3.05, 3.63) is 102 Å². The molecule has 0 amide bonds. The maximum atomic E-state index is 14.5. The summed E-state index contributed by atoms with van der Waals surface area (Å²) in [4.78, 5) is 0. The molecule has 0 saturated heterocycles. The highest BCUT2D eigenvalue weighted by molar-refractivity contribution is 5.85. The average Bonchev–Trinajstić information content (AvgIpc) is 3.19. The van der Waals surface area contributed by atoms with Crippen LogP contribution in [0, 0.1) is 5.82 Å². The minimum Gasteiger partial charge on any atom is -0.396 e. The number of aliphatic hydroxyl groups is 1. The first kappa shape index (κ1) is 24.5. The normalized spacial score (nSPS) is 15.6. The maximum Gasteiger partial charge on any atom is 0.148 e. The van der Waals surface area contributed by atoms with Crippen molar-refractivity contribution in [3.63, 3.8) is 0 Å². The van der Waals surface area contributed by atoms with Crippen molar-refractivity contribution in [3.8, 4) is 0 Å². The van der Waals surface area contributed by atoms with E-state index in [0.717, 1.165) is 47.0 Å². The predicted molar refractivity (Wildman–Crippen MR) is 140 cm³/mol. The predicted octanol–water partition coefficient (Wildman–Crippen LogP) is 5.58. The molecule has 1 atom stereocenters. The molecule has 1 aliphatic carbocycles. The van der Waals surface area contributed by atoms with Crippen molar-refractivity contribution < 1.29 is 19.0 Å². The van der Waals surface area contributed by atoms with Gasteiger partial charge in [0, 0.05) is 22.6 Å². The van der Waals surface area contributed by atoms with Crippen LogP contribution in [0.3, 0.4) is 0 Å². The highest BCUT2D eigenvalue weighted by Crippen LogP contribution is 2.46. The number of ether oxygens (including phenoxy) is 2. The molecular weight excluding hydrogens is 455 g/mol. The van der Waals surface area contributed by atoms with Gasteiger partial charge in [-0.15, -0.1) is 0 Å². The number of fused-ring (bicyclic) bond motifs is 1. The summed E-state index contributed by atoms with van der Waals surface area (Å²) in [6.45, 7) is 2.02. The molecule has 4 aromatic rings. The molecule has 6 heteroatoms. The number of aromatic nitrogens is 1. The Hall–Kier alpha value is -3.19. The van der Waals surface area contributed by atoms with E-state index in [1.807, 2.05) is 53.1 Å². The van der Waals surface area contributed by atoms with E-state index in [2.05, 4.69) is 18.2 Å². The Bertz CT molecular complexity index is 1290. The zero-order chi connectivity index (χ0) is 25.0. The van der Waals surface area contributed by atoms with Crippen LogP contribution in [0.2, 0.25) is 0 Å². The molecule has 188 valence electrons. The van der Waals surface area contributed by atoms with Gasteiger partial charge in [0.1, 0.15) is 5.82 Å². The van der Waals surface area contributed by atoms with Crippen LogP contribution in [0.1, 0.15) is 36.1 Å². The molecule has 1 fully saturated rings. The molecule has 36 heavy (non-hydrogen) atoms. The van der Waals surface area contributed by atoms with Crippen LogP contribution >= 0.6 is 0 Å². The lowest BCUT2D eigenvalue weighted by Gasteiger charge is -2.42. The summed E-state index contributed by atoms with van der Waals surface area (Å²) in [5.41, 5.74) is 9.81. The summed E-state index contributed by atoms with van der Waals surface area (Å²) in [6, 6.07) is 25.3. The number of hydrogen-bond acceptors (Lipinski definition) is 4. The second-order valence-electron chi connectivity index (χ2n) is 9.84. The van der Waals surface area contributed by atoms with E-state index in [9.17, 15) is 9.50 Å². The fourth-order valence-electron chi connectivity index (χ4n) is 5.10. The Kier molecular flexibility index (Phi) is 7.37. The third-order valence-electron chi connectivity index (χ3n) is 7.18. The number of nitrogen functional groups attached to an aromatic ring is 1. The van der Waals surface area contributed by atoms with Crippen LogP contribution in [-0.4, -0.2) is 29.0 Å². The molecule has 0 spiro atoms. The second-order valence-corrected chi connectivity index (χ2v) is 9.84. The molecule has 0 aliphatic heterocycles. The molecule has 1 unspecified atom stereocenters.